The number of nitrogens with one attached hydrogen (secondary N) is 2. The zero-order valence-corrected chi connectivity index (χ0v) is 17.0. The van der Waals surface area contributed by atoms with Gasteiger partial charge in [-0.3, -0.25) is 4.79 Å². The molecular weight excluding hydrogens is 380 g/mol. The number of amides is 1. The second kappa shape index (κ2) is 9.91. The zero-order valence-electron chi connectivity index (χ0n) is 15.5. The molecule has 2 aliphatic heterocycles. The van der Waals surface area contributed by atoms with Crippen molar-refractivity contribution in [3.8, 4) is 0 Å². The van der Waals surface area contributed by atoms with Crippen LogP contribution >= 0.6 is 23.4 Å². The van der Waals surface area contributed by atoms with E-state index < -0.39 is 41.3 Å². The third-order valence-electron chi connectivity index (χ3n) is 5.28. The van der Waals surface area contributed by atoms with Crippen molar-refractivity contribution in [1.82, 2.24) is 10.6 Å². The van der Waals surface area contributed by atoms with Gasteiger partial charge in [0.1, 0.15) is 29.9 Å². The highest BCUT2D eigenvalue weighted by Crippen LogP contribution is 2.30. The second-order valence-electron chi connectivity index (χ2n) is 7.18. The second-order valence-corrected chi connectivity index (χ2v) is 8.80. The molecule has 2 fully saturated rings. The Morgan fingerprint density at radius 1 is 1.35 bits per heavy atom. The van der Waals surface area contributed by atoms with Crippen LogP contribution in [0.4, 0.5) is 0 Å². The lowest BCUT2D eigenvalue weighted by Gasteiger charge is -2.45. The summed E-state index contributed by atoms with van der Waals surface area (Å²) in [6.07, 6.45) is 0.0839. The predicted molar refractivity (Wildman–Crippen MR) is 102 cm³/mol. The van der Waals surface area contributed by atoms with Crippen LogP contribution in [0.25, 0.3) is 0 Å². The van der Waals surface area contributed by atoms with E-state index in [2.05, 4.69) is 17.6 Å². The highest BCUT2D eigenvalue weighted by atomic mass is 35.5. The Hall–Kier alpha value is -0.0900. The van der Waals surface area contributed by atoms with Crippen LogP contribution in [0.5, 0.6) is 0 Å². The summed E-state index contributed by atoms with van der Waals surface area (Å²) in [6.45, 7) is 4.65. The maximum Gasteiger partial charge on any atom is 0.237 e. The molecular formula is C17H31ClN2O5S. The van der Waals surface area contributed by atoms with Crippen molar-refractivity contribution in [2.75, 3.05) is 12.8 Å². The minimum atomic E-state index is -1.36. The maximum absolute atomic E-state index is 12.7. The zero-order chi connectivity index (χ0) is 19.4. The molecule has 9 atom stereocenters. The van der Waals surface area contributed by atoms with Gasteiger partial charge in [-0.1, -0.05) is 19.8 Å². The van der Waals surface area contributed by atoms with E-state index in [0.717, 1.165) is 25.8 Å². The van der Waals surface area contributed by atoms with Gasteiger partial charge < -0.3 is 30.7 Å². The van der Waals surface area contributed by atoms with Gasteiger partial charge in [0.05, 0.1) is 17.5 Å². The number of hydrogen-bond donors (Lipinski definition) is 5. The standard InChI is InChI=1S/C17H31ClN2O5S/c1-4-5-6-9-7-19-11(9)16(24)20-10(8(2)18)15-13(22)12(21)14(23)17(25-15)26-3/h8-15,17,19,21-23H,4-7H2,1-3H3,(H,20,24). The Labute approximate surface area is 164 Å². The molecule has 0 radical (unpaired) electrons. The molecule has 0 aromatic carbocycles. The summed E-state index contributed by atoms with van der Waals surface area (Å²) in [5, 5.41) is 36.0. The van der Waals surface area contributed by atoms with Crippen LogP contribution in [0.15, 0.2) is 0 Å². The monoisotopic (exact) mass is 410 g/mol. The number of aliphatic hydroxyl groups is 3. The van der Waals surface area contributed by atoms with E-state index in [0.29, 0.717) is 5.92 Å². The van der Waals surface area contributed by atoms with E-state index in [9.17, 15) is 20.1 Å². The van der Waals surface area contributed by atoms with E-state index in [-0.39, 0.29) is 11.9 Å². The Morgan fingerprint density at radius 2 is 2.04 bits per heavy atom. The van der Waals surface area contributed by atoms with Crippen LogP contribution in [0.3, 0.4) is 0 Å². The highest BCUT2D eigenvalue weighted by Gasteiger charge is 2.48. The minimum absolute atomic E-state index is 0.174. The third-order valence-corrected chi connectivity index (χ3v) is 6.40. The molecule has 9 heteroatoms. The fourth-order valence-corrected chi connectivity index (χ4v) is 4.41. The van der Waals surface area contributed by atoms with Crippen molar-refractivity contribution in [1.29, 1.82) is 0 Å². The van der Waals surface area contributed by atoms with E-state index in [1.165, 1.54) is 11.8 Å². The topological polar surface area (TPSA) is 111 Å². The van der Waals surface area contributed by atoms with Crippen LogP contribution in [0.1, 0.15) is 33.1 Å². The fourth-order valence-electron chi connectivity index (χ4n) is 3.52. The molecule has 0 aliphatic carbocycles. The van der Waals surface area contributed by atoms with E-state index in [4.69, 9.17) is 16.3 Å². The molecule has 2 aliphatic rings. The van der Waals surface area contributed by atoms with Gasteiger partial charge in [0.15, 0.2) is 0 Å². The largest absolute Gasteiger partial charge is 0.388 e. The highest BCUT2D eigenvalue weighted by molar-refractivity contribution is 7.99. The van der Waals surface area contributed by atoms with Crippen molar-refractivity contribution in [3.05, 3.63) is 0 Å². The van der Waals surface area contributed by atoms with Crippen molar-refractivity contribution >= 4 is 29.3 Å². The van der Waals surface area contributed by atoms with Gasteiger partial charge in [-0.25, -0.2) is 0 Å². The Morgan fingerprint density at radius 3 is 2.54 bits per heavy atom. The van der Waals surface area contributed by atoms with Gasteiger partial charge in [-0.2, -0.15) is 0 Å². The molecule has 0 saturated carbocycles. The lowest BCUT2D eigenvalue weighted by Crippen LogP contribution is -2.67. The third kappa shape index (κ3) is 4.84. The van der Waals surface area contributed by atoms with Gasteiger partial charge in [-0.15, -0.1) is 23.4 Å². The van der Waals surface area contributed by atoms with Crippen molar-refractivity contribution in [2.24, 2.45) is 5.92 Å². The molecule has 7 nitrogen and oxygen atoms in total. The number of halogens is 1. The van der Waals surface area contributed by atoms with Crippen molar-refractivity contribution in [2.45, 2.75) is 80.4 Å². The molecule has 2 saturated heterocycles. The van der Waals surface area contributed by atoms with Crippen LogP contribution < -0.4 is 10.6 Å². The number of thioether (sulfide) groups is 1. The number of unbranched alkanes of at least 4 members (excludes halogenated alkanes) is 1. The summed E-state index contributed by atoms with van der Waals surface area (Å²) in [4.78, 5) is 12.7. The first-order chi connectivity index (χ1) is 12.3. The summed E-state index contributed by atoms with van der Waals surface area (Å²) in [5.74, 6) is 0.122. The van der Waals surface area contributed by atoms with Crippen LogP contribution in [-0.2, 0) is 9.53 Å². The minimum Gasteiger partial charge on any atom is -0.388 e. The molecule has 0 bridgehead atoms. The summed E-state index contributed by atoms with van der Waals surface area (Å²) < 4.78 is 5.76. The van der Waals surface area contributed by atoms with Crippen LogP contribution in [-0.4, -0.2) is 81.3 Å². The first-order valence-corrected chi connectivity index (χ1v) is 10.9. The SMILES string of the molecule is CCCCC1CNC1C(=O)NC(C(C)Cl)C1OC(SC)C(O)C(O)C1O. The molecule has 2 heterocycles. The molecule has 0 aromatic heterocycles. The maximum atomic E-state index is 12.7. The molecule has 1 amide bonds. The number of ether oxygens (including phenoxy) is 1. The summed E-state index contributed by atoms with van der Waals surface area (Å²) >= 11 is 7.50. The Kier molecular flexibility index (Phi) is 8.46. The summed E-state index contributed by atoms with van der Waals surface area (Å²) in [7, 11) is 0. The van der Waals surface area contributed by atoms with Crippen LogP contribution in [0.2, 0.25) is 0 Å². The Balaban J connectivity index is 2.05. The number of rotatable bonds is 8. The molecule has 2 rings (SSSR count). The van der Waals surface area contributed by atoms with E-state index in [1.807, 2.05) is 0 Å². The summed E-state index contributed by atoms with van der Waals surface area (Å²) in [6, 6.07) is -0.961. The van der Waals surface area contributed by atoms with Gasteiger partial charge in [-0.05, 0) is 25.5 Å². The Bertz CT molecular complexity index is 470. The average molecular weight is 411 g/mol. The van der Waals surface area contributed by atoms with E-state index in [1.54, 1.807) is 13.2 Å². The molecule has 5 N–H and O–H groups in total. The number of carbonyl (C=O) groups is 1. The first kappa shape index (κ1) is 22.2. The molecule has 152 valence electrons. The lowest BCUT2D eigenvalue weighted by atomic mass is 9.85. The quantitative estimate of drug-likeness (QED) is 0.359. The van der Waals surface area contributed by atoms with Crippen molar-refractivity contribution in [3.63, 3.8) is 0 Å². The number of hydrogen-bond acceptors (Lipinski definition) is 7. The summed E-state index contributed by atoms with van der Waals surface area (Å²) in [5.41, 5.74) is -0.702. The number of alkyl halides is 1. The van der Waals surface area contributed by atoms with Gasteiger partial charge in [0.2, 0.25) is 5.91 Å². The molecule has 0 aromatic rings. The van der Waals surface area contributed by atoms with Crippen molar-refractivity contribution < 1.29 is 24.9 Å². The lowest BCUT2D eigenvalue weighted by molar-refractivity contribution is -0.205. The average Bonchev–Trinajstić information content (AvgIpc) is 2.57. The van der Waals surface area contributed by atoms with Gasteiger partial charge in [0, 0.05) is 6.54 Å². The van der Waals surface area contributed by atoms with Gasteiger partial charge >= 0.3 is 0 Å². The molecule has 26 heavy (non-hydrogen) atoms. The fraction of sp³-hybridized carbons (Fsp3) is 0.941. The molecule has 0 spiro atoms. The normalized spacial score (nSPS) is 39.7. The van der Waals surface area contributed by atoms with Gasteiger partial charge in [0.25, 0.3) is 0 Å². The van der Waals surface area contributed by atoms with E-state index >= 15 is 0 Å². The number of aliphatic hydroxyl groups excluding tert-OH is 3. The predicted octanol–water partition coefficient (Wildman–Crippen LogP) is 0.0473. The first-order valence-electron chi connectivity index (χ1n) is 9.22. The smallest absolute Gasteiger partial charge is 0.237 e. The molecule has 9 unspecified atom stereocenters. The van der Waals surface area contributed by atoms with Crippen LogP contribution in [0, 0.1) is 5.92 Å². The number of carbonyl (C=O) groups excluding carboxylic acids is 1.